The third-order valence-electron chi connectivity index (χ3n) is 2.04. The SMILES string of the molecule is CC(=O)N(CCN)C(=O)C(=O)Nc1cc(C)on1. The molecular formula is C10H14N4O4. The molecule has 0 bridgehead atoms. The van der Waals surface area contributed by atoms with E-state index >= 15 is 0 Å². The Balaban J connectivity index is 2.70. The van der Waals surface area contributed by atoms with Gasteiger partial charge in [0.25, 0.3) is 0 Å². The number of carbonyl (C=O) groups excluding carboxylic acids is 3. The van der Waals surface area contributed by atoms with E-state index in [0.29, 0.717) is 5.76 Å². The lowest BCUT2D eigenvalue weighted by atomic mass is 10.4. The number of aryl methyl sites for hydroxylation is 1. The van der Waals surface area contributed by atoms with Crippen LogP contribution in [0.1, 0.15) is 12.7 Å². The minimum atomic E-state index is -0.978. The van der Waals surface area contributed by atoms with E-state index in [9.17, 15) is 14.4 Å². The van der Waals surface area contributed by atoms with Crippen LogP contribution in [0.5, 0.6) is 0 Å². The van der Waals surface area contributed by atoms with E-state index in [4.69, 9.17) is 10.3 Å². The zero-order valence-corrected chi connectivity index (χ0v) is 10.1. The molecule has 0 aliphatic carbocycles. The summed E-state index contributed by atoms with van der Waals surface area (Å²) in [6, 6.07) is 1.45. The Bertz CT molecular complexity index is 468. The summed E-state index contributed by atoms with van der Waals surface area (Å²) in [5.41, 5.74) is 5.26. The maximum absolute atomic E-state index is 11.7. The molecule has 0 aliphatic heterocycles. The van der Waals surface area contributed by atoms with Gasteiger partial charge < -0.3 is 10.3 Å². The molecule has 0 unspecified atom stereocenters. The molecule has 98 valence electrons. The molecule has 8 heteroatoms. The van der Waals surface area contributed by atoms with E-state index in [1.54, 1.807) is 6.92 Å². The molecule has 1 aromatic rings. The van der Waals surface area contributed by atoms with Gasteiger partial charge in [0.1, 0.15) is 5.76 Å². The summed E-state index contributed by atoms with van der Waals surface area (Å²) in [7, 11) is 0. The Kier molecular flexibility index (Phi) is 4.55. The Morgan fingerprint density at radius 2 is 2.17 bits per heavy atom. The first kappa shape index (κ1) is 13.8. The molecular weight excluding hydrogens is 240 g/mol. The van der Waals surface area contributed by atoms with Crippen molar-refractivity contribution < 1.29 is 18.9 Å². The van der Waals surface area contributed by atoms with Crippen LogP contribution < -0.4 is 11.1 Å². The summed E-state index contributed by atoms with van der Waals surface area (Å²) in [5.74, 6) is -1.89. The van der Waals surface area contributed by atoms with Gasteiger partial charge in [-0.05, 0) is 6.92 Å². The monoisotopic (exact) mass is 254 g/mol. The standard InChI is InChI=1S/C10H14N4O4/c1-6-5-8(13-18-6)12-9(16)10(17)14(4-3-11)7(2)15/h5H,3-4,11H2,1-2H3,(H,12,13,16). The highest BCUT2D eigenvalue weighted by Crippen LogP contribution is 2.07. The second-order valence-corrected chi connectivity index (χ2v) is 3.54. The highest BCUT2D eigenvalue weighted by atomic mass is 16.5. The summed E-state index contributed by atoms with van der Waals surface area (Å²) in [5, 5.41) is 5.73. The van der Waals surface area contributed by atoms with E-state index in [2.05, 4.69) is 10.5 Å². The van der Waals surface area contributed by atoms with Gasteiger partial charge >= 0.3 is 11.8 Å². The van der Waals surface area contributed by atoms with Crippen molar-refractivity contribution in [1.29, 1.82) is 0 Å². The number of amides is 3. The van der Waals surface area contributed by atoms with Crippen LogP contribution in [0.3, 0.4) is 0 Å². The summed E-state index contributed by atoms with van der Waals surface area (Å²) in [6.07, 6.45) is 0. The van der Waals surface area contributed by atoms with Crippen LogP contribution in [0.2, 0.25) is 0 Å². The van der Waals surface area contributed by atoms with Gasteiger partial charge in [-0.3, -0.25) is 24.6 Å². The number of hydrogen-bond acceptors (Lipinski definition) is 6. The Morgan fingerprint density at radius 1 is 1.50 bits per heavy atom. The van der Waals surface area contributed by atoms with E-state index < -0.39 is 17.7 Å². The topological polar surface area (TPSA) is 119 Å². The zero-order valence-electron chi connectivity index (χ0n) is 10.1. The zero-order chi connectivity index (χ0) is 13.7. The minimum Gasteiger partial charge on any atom is -0.360 e. The maximum Gasteiger partial charge on any atom is 0.318 e. The summed E-state index contributed by atoms with van der Waals surface area (Å²) in [4.78, 5) is 35.2. The number of anilines is 1. The normalized spacial score (nSPS) is 9.94. The van der Waals surface area contributed by atoms with Crippen molar-refractivity contribution in [3.05, 3.63) is 11.8 Å². The number of hydrogen-bond donors (Lipinski definition) is 2. The highest BCUT2D eigenvalue weighted by Gasteiger charge is 2.25. The molecule has 18 heavy (non-hydrogen) atoms. The fraction of sp³-hybridized carbons (Fsp3) is 0.400. The lowest BCUT2D eigenvalue weighted by Gasteiger charge is -2.16. The van der Waals surface area contributed by atoms with E-state index in [-0.39, 0.29) is 18.9 Å². The van der Waals surface area contributed by atoms with Gasteiger partial charge in [0.15, 0.2) is 5.82 Å². The third kappa shape index (κ3) is 3.39. The summed E-state index contributed by atoms with van der Waals surface area (Å²) in [6.45, 7) is 2.89. The van der Waals surface area contributed by atoms with Crippen molar-refractivity contribution in [1.82, 2.24) is 10.1 Å². The third-order valence-corrected chi connectivity index (χ3v) is 2.04. The Hall–Kier alpha value is -2.22. The van der Waals surface area contributed by atoms with Crippen LogP contribution in [-0.2, 0) is 14.4 Å². The average molecular weight is 254 g/mol. The molecule has 0 spiro atoms. The molecule has 3 amide bonds. The number of aromatic nitrogens is 1. The van der Waals surface area contributed by atoms with Gasteiger partial charge in [0, 0.05) is 26.1 Å². The van der Waals surface area contributed by atoms with Crippen molar-refractivity contribution in [2.24, 2.45) is 5.73 Å². The van der Waals surface area contributed by atoms with Gasteiger partial charge in [-0.2, -0.15) is 0 Å². The number of nitrogens with two attached hydrogens (primary N) is 1. The van der Waals surface area contributed by atoms with Crippen molar-refractivity contribution in [3.8, 4) is 0 Å². The molecule has 0 aromatic carbocycles. The Labute approximate surface area is 103 Å². The molecule has 1 rings (SSSR count). The highest BCUT2D eigenvalue weighted by molar-refractivity contribution is 6.41. The van der Waals surface area contributed by atoms with Crippen LogP contribution in [0, 0.1) is 6.92 Å². The van der Waals surface area contributed by atoms with Crippen molar-refractivity contribution in [2.75, 3.05) is 18.4 Å². The van der Waals surface area contributed by atoms with Crippen LogP contribution in [-0.4, -0.2) is 40.9 Å². The van der Waals surface area contributed by atoms with E-state index in [1.807, 2.05) is 0 Å². The quantitative estimate of drug-likeness (QED) is 0.685. The molecule has 0 saturated heterocycles. The van der Waals surface area contributed by atoms with Gasteiger partial charge in [0.2, 0.25) is 5.91 Å². The molecule has 0 atom stereocenters. The number of carbonyl (C=O) groups is 3. The number of nitrogens with zero attached hydrogens (tertiary/aromatic N) is 2. The van der Waals surface area contributed by atoms with Crippen LogP contribution in [0.15, 0.2) is 10.6 Å². The van der Waals surface area contributed by atoms with Crippen LogP contribution in [0.25, 0.3) is 0 Å². The largest absolute Gasteiger partial charge is 0.360 e. The van der Waals surface area contributed by atoms with Crippen molar-refractivity contribution >= 4 is 23.5 Å². The van der Waals surface area contributed by atoms with E-state index in [0.717, 1.165) is 4.90 Å². The molecule has 0 fully saturated rings. The smallest absolute Gasteiger partial charge is 0.318 e. The fourth-order valence-electron chi connectivity index (χ4n) is 1.25. The van der Waals surface area contributed by atoms with Gasteiger partial charge in [-0.15, -0.1) is 0 Å². The van der Waals surface area contributed by atoms with Gasteiger partial charge in [-0.25, -0.2) is 0 Å². The molecule has 0 aliphatic rings. The summed E-state index contributed by atoms with van der Waals surface area (Å²) >= 11 is 0. The molecule has 1 aromatic heterocycles. The Morgan fingerprint density at radius 3 is 2.61 bits per heavy atom. The molecule has 0 saturated carbocycles. The van der Waals surface area contributed by atoms with Crippen LogP contribution >= 0.6 is 0 Å². The van der Waals surface area contributed by atoms with Gasteiger partial charge in [-0.1, -0.05) is 5.16 Å². The van der Waals surface area contributed by atoms with Crippen molar-refractivity contribution in [2.45, 2.75) is 13.8 Å². The first-order valence-electron chi connectivity index (χ1n) is 5.22. The lowest BCUT2D eigenvalue weighted by Crippen LogP contribution is -2.44. The second-order valence-electron chi connectivity index (χ2n) is 3.54. The minimum absolute atomic E-state index is 0.0145. The predicted molar refractivity (Wildman–Crippen MR) is 61.3 cm³/mol. The first-order valence-corrected chi connectivity index (χ1v) is 5.22. The summed E-state index contributed by atoms with van der Waals surface area (Å²) < 4.78 is 4.72. The lowest BCUT2D eigenvalue weighted by molar-refractivity contribution is -0.149. The number of nitrogens with one attached hydrogen (secondary N) is 1. The van der Waals surface area contributed by atoms with Crippen molar-refractivity contribution in [3.63, 3.8) is 0 Å². The predicted octanol–water partition coefficient (Wildman–Crippen LogP) is -0.745. The van der Waals surface area contributed by atoms with Crippen LogP contribution in [0.4, 0.5) is 5.82 Å². The molecule has 0 radical (unpaired) electrons. The number of imide groups is 1. The fourth-order valence-corrected chi connectivity index (χ4v) is 1.25. The second kappa shape index (κ2) is 5.92. The average Bonchev–Trinajstić information content (AvgIpc) is 2.70. The molecule has 8 nitrogen and oxygen atoms in total. The molecule has 1 heterocycles. The van der Waals surface area contributed by atoms with Gasteiger partial charge in [0.05, 0.1) is 0 Å². The molecule has 3 N–H and O–H groups in total. The number of rotatable bonds is 3. The maximum atomic E-state index is 11.7. The van der Waals surface area contributed by atoms with E-state index in [1.165, 1.54) is 13.0 Å². The first-order chi connectivity index (χ1) is 8.45.